The fourth-order valence-electron chi connectivity index (χ4n) is 4.29. The summed E-state index contributed by atoms with van der Waals surface area (Å²) in [6, 6.07) is 7.40. The highest BCUT2D eigenvalue weighted by Gasteiger charge is 2.26. The maximum absolute atomic E-state index is 12.5. The Labute approximate surface area is 149 Å². The number of aromatic nitrogens is 2. The second-order valence-electron chi connectivity index (χ2n) is 7.65. The van der Waals surface area contributed by atoms with E-state index in [-0.39, 0.29) is 6.03 Å². The minimum Gasteiger partial charge on any atom is -0.335 e. The van der Waals surface area contributed by atoms with Gasteiger partial charge in [0, 0.05) is 24.5 Å². The summed E-state index contributed by atoms with van der Waals surface area (Å²) in [4.78, 5) is 14.5. The molecule has 1 N–H and O–H groups in total. The van der Waals surface area contributed by atoms with E-state index in [2.05, 4.69) is 40.2 Å². The predicted molar refractivity (Wildman–Crippen MR) is 99.7 cm³/mol. The van der Waals surface area contributed by atoms with E-state index in [1.807, 2.05) is 11.1 Å². The summed E-state index contributed by atoms with van der Waals surface area (Å²) in [6.45, 7) is 3.74. The monoisotopic (exact) mass is 340 g/mol. The molecule has 5 nitrogen and oxygen atoms in total. The SMILES string of the molecule is Cc1ccc2c(cnn2C2CCN(C(=O)NC3CCCCC3)CC2)c1. The number of aryl methyl sites for hydroxylation is 1. The summed E-state index contributed by atoms with van der Waals surface area (Å²) in [5.41, 5.74) is 2.47. The van der Waals surface area contributed by atoms with Crippen LogP contribution in [0.4, 0.5) is 4.79 Å². The largest absolute Gasteiger partial charge is 0.335 e. The van der Waals surface area contributed by atoms with Gasteiger partial charge in [-0.2, -0.15) is 5.10 Å². The van der Waals surface area contributed by atoms with E-state index in [1.54, 1.807) is 0 Å². The van der Waals surface area contributed by atoms with Gasteiger partial charge in [-0.1, -0.05) is 30.9 Å². The van der Waals surface area contributed by atoms with Gasteiger partial charge in [0.25, 0.3) is 0 Å². The zero-order chi connectivity index (χ0) is 17.2. The molecule has 2 aromatic rings. The normalized spacial score (nSPS) is 20.1. The topological polar surface area (TPSA) is 50.2 Å². The molecule has 134 valence electrons. The number of carbonyl (C=O) groups excluding carboxylic acids is 1. The minimum absolute atomic E-state index is 0.131. The highest BCUT2D eigenvalue weighted by atomic mass is 16.2. The van der Waals surface area contributed by atoms with Gasteiger partial charge in [0.2, 0.25) is 0 Å². The van der Waals surface area contributed by atoms with Crippen molar-refractivity contribution in [1.29, 1.82) is 0 Å². The zero-order valence-corrected chi connectivity index (χ0v) is 15.1. The number of fused-ring (bicyclic) bond motifs is 1. The fourth-order valence-corrected chi connectivity index (χ4v) is 4.29. The quantitative estimate of drug-likeness (QED) is 0.897. The molecular formula is C20H28N4O. The lowest BCUT2D eigenvalue weighted by molar-refractivity contribution is 0.164. The van der Waals surface area contributed by atoms with E-state index in [9.17, 15) is 4.79 Å². The van der Waals surface area contributed by atoms with Crippen LogP contribution in [0.5, 0.6) is 0 Å². The summed E-state index contributed by atoms with van der Waals surface area (Å²) in [6.07, 6.45) is 10.0. The maximum atomic E-state index is 12.5. The van der Waals surface area contributed by atoms with Gasteiger partial charge in [0.15, 0.2) is 0 Å². The number of nitrogens with one attached hydrogen (secondary N) is 1. The smallest absolute Gasteiger partial charge is 0.317 e. The van der Waals surface area contributed by atoms with Gasteiger partial charge in [-0.3, -0.25) is 4.68 Å². The number of likely N-dealkylation sites (tertiary alicyclic amines) is 1. The van der Waals surface area contributed by atoms with Crippen molar-refractivity contribution in [1.82, 2.24) is 20.0 Å². The second-order valence-corrected chi connectivity index (χ2v) is 7.65. The second kappa shape index (κ2) is 7.06. The van der Waals surface area contributed by atoms with Crippen LogP contribution in [-0.4, -0.2) is 39.8 Å². The highest BCUT2D eigenvalue weighted by molar-refractivity contribution is 5.79. The first kappa shape index (κ1) is 16.4. The van der Waals surface area contributed by atoms with Crippen molar-refractivity contribution in [2.75, 3.05) is 13.1 Å². The molecule has 1 aliphatic heterocycles. The summed E-state index contributed by atoms with van der Waals surface area (Å²) in [5, 5.41) is 9.07. The third kappa shape index (κ3) is 3.51. The molecule has 2 heterocycles. The van der Waals surface area contributed by atoms with E-state index < -0.39 is 0 Å². The molecule has 0 spiro atoms. The van der Waals surface area contributed by atoms with Gasteiger partial charge in [0.05, 0.1) is 17.8 Å². The Balaban J connectivity index is 1.36. The van der Waals surface area contributed by atoms with Crippen molar-refractivity contribution in [3.8, 4) is 0 Å². The molecule has 1 aromatic heterocycles. The molecule has 2 aliphatic rings. The van der Waals surface area contributed by atoms with Crippen LogP contribution in [0.25, 0.3) is 10.9 Å². The third-order valence-electron chi connectivity index (χ3n) is 5.78. The molecule has 4 rings (SSSR count). The number of amides is 2. The lowest BCUT2D eigenvalue weighted by atomic mass is 9.95. The lowest BCUT2D eigenvalue weighted by Crippen LogP contribution is -2.48. The Kier molecular flexibility index (Phi) is 4.64. The molecule has 0 radical (unpaired) electrons. The van der Waals surface area contributed by atoms with Crippen LogP contribution in [0.1, 0.15) is 56.6 Å². The number of nitrogens with zero attached hydrogens (tertiary/aromatic N) is 3. The molecule has 5 heteroatoms. The number of urea groups is 1. The average molecular weight is 340 g/mol. The Bertz CT molecular complexity index is 739. The zero-order valence-electron chi connectivity index (χ0n) is 15.1. The van der Waals surface area contributed by atoms with Crippen LogP contribution < -0.4 is 5.32 Å². The van der Waals surface area contributed by atoms with Gasteiger partial charge in [0.1, 0.15) is 0 Å². The van der Waals surface area contributed by atoms with Crippen molar-refractivity contribution in [2.24, 2.45) is 0 Å². The number of carbonyl (C=O) groups is 1. The van der Waals surface area contributed by atoms with Crippen molar-refractivity contribution < 1.29 is 4.79 Å². The molecule has 25 heavy (non-hydrogen) atoms. The van der Waals surface area contributed by atoms with Gasteiger partial charge >= 0.3 is 6.03 Å². The van der Waals surface area contributed by atoms with Crippen molar-refractivity contribution in [3.05, 3.63) is 30.0 Å². The summed E-state index contributed by atoms with van der Waals surface area (Å²) in [5.74, 6) is 0. The number of benzene rings is 1. The molecule has 2 amide bonds. The Hall–Kier alpha value is -2.04. The van der Waals surface area contributed by atoms with Crippen LogP contribution in [-0.2, 0) is 0 Å². The van der Waals surface area contributed by atoms with Gasteiger partial charge in [-0.15, -0.1) is 0 Å². The van der Waals surface area contributed by atoms with E-state index in [1.165, 1.54) is 35.7 Å². The maximum Gasteiger partial charge on any atom is 0.317 e. The van der Waals surface area contributed by atoms with Gasteiger partial charge in [-0.05, 0) is 44.7 Å². The molecule has 0 unspecified atom stereocenters. The molecule has 2 fully saturated rings. The molecule has 1 saturated carbocycles. The molecule has 1 saturated heterocycles. The Morgan fingerprint density at radius 2 is 1.88 bits per heavy atom. The van der Waals surface area contributed by atoms with Crippen LogP contribution in [0, 0.1) is 6.92 Å². The third-order valence-corrected chi connectivity index (χ3v) is 5.78. The van der Waals surface area contributed by atoms with Crippen LogP contribution in [0.2, 0.25) is 0 Å². The number of rotatable bonds is 2. The van der Waals surface area contributed by atoms with E-state index in [4.69, 9.17) is 0 Å². The lowest BCUT2D eigenvalue weighted by Gasteiger charge is -2.34. The van der Waals surface area contributed by atoms with Crippen LogP contribution in [0.3, 0.4) is 0 Å². The van der Waals surface area contributed by atoms with Crippen molar-refractivity contribution in [2.45, 2.75) is 64.0 Å². The number of hydrogen-bond acceptors (Lipinski definition) is 2. The standard InChI is InChI=1S/C20H28N4O/c1-15-7-8-19-16(13-15)14-21-24(19)18-9-11-23(12-10-18)20(25)22-17-5-3-2-4-6-17/h7-8,13-14,17-18H,2-6,9-12H2,1H3,(H,22,25). The van der Waals surface area contributed by atoms with Crippen LogP contribution in [0.15, 0.2) is 24.4 Å². The van der Waals surface area contributed by atoms with Crippen molar-refractivity contribution >= 4 is 16.9 Å². The van der Waals surface area contributed by atoms with Gasteiger partial charge < -0.3 is 10.2 Å². The summed E-state index contributed by atoms with van der Waals surface area (Å²) >= 11 is 0. The van der Waals surface area contributed by atoms with E-state index in [0.29, 0.717) is 12.1 Å². The molecule has 1 aromatic carbocycles. The molecule has 0 atom stereocenters. The Morgan fingerprint density at radius 3 is 2.64 bits per heavy atom. The highest BCUT2D eigenvalue weighted by Crippen LogP contribution is 2.27. The van der Waals surface area contributed by atoms with Gasteiger partial charge in [-0.25, -0.2) is 4.79 Å². The fraction of sp³-hybridized carbons (Fsp3) is 0.600. The minimum atomic E-state index is 0.131. The molecular weight excluding hydrogens is 312 g/mol. The average Bonchev–Trinajstić information content (AvgIpc) is 3.05. The number of hydrogen-bond donors (Lipinski definition) is 1. The molecule has 1 aliphatic carbocycles. The van der Waals surface area contributed by atoms with Crippen molar-refractivity contribution in [3.63, 3.8) is 0 Å². The van der Waals surface area contributed by atoms with Crippen LogP contribution >= 0.6 is 0 Å². The Morgan fingerprint density at radius 1 is 1.12 bits per heavy atom. The van der Waals surface area contributed by atoms with E-state index >= 15 is 0 Å². The number of piperidine rings is 1. The first-order chi connectivity index (χ1) is 12.2. The first-order valence-electron chi connectivity index (χ1n) is 9.70. The summed E-state index contributed by atoms with van der Waals surface area (Å²) < 4.78 is 2.16. The van der Waals surface area contributed by atoms with E-state index in [0.717, 1.165) is 38.8 Å². The first-order valence-corrected chi connectivity index (χ1v) is 9.70. The molecule has 0 bridgehead atoms. The summed E-state index contributed by atoms with van der Waals surface area (Å²) in [7, 11) is 0. The predicted octanol–water partition coefficient (Wildman–Crippen LogP) is 4.02.